The zero-order valence-electron chi connectivity index (χ0n) is 9.61. The molecule has 1 aromatic rings. The van der Waals surface area contributed by atoms with Crippen LogP contribution in [0.2, 0.25) is 0 Å². The Morgan fingerprint density at radius 2 is 1.76 bits per heavy atom. The standard InChI is InChI=1S/C11H12BrF2NO2/c1-11(2,3)17-10(16)15-9-7(13)4-6(12)5-8(9)14/h4-5H,1-3H3,(H,15,16). The molecule has 0 unspecified atom stereocenters. The molecule has 0 bridgehead atoms. The number of hydrogen-bond donors (Lipinski definition) is 1. The van der Waals surface area contributed by atoms with Gasteiger partial charge < -0.3 is 4.74 Å². The minimum absolute atomic E-state index is 0.252. The van der Waals surface area contributed by atoms with Gasteiger partial charge in [0.1, 0.15) is 11.3 Å². The summed E-state index contributed by atoms with van der Waals surface area (Å²) in [7, 11) is 0. The molecule has 17 heavy (non-hydrogen) atoms. The largest absolute Gasteiger partial charge is 0.444 e. The summed E-state index contributed by atoms with van der Waals surface area (Å²) in [6.45, 7) is 4.96. The van der Waals surface area contributed by atoms with Crippen molar-refractivity contribution in [1.82, 2.24) is 0 Å². The molecule has 1 amide bonds. The van der Waals surface area contributed by atoms with Gasteiger partial charge in [-0.2, -0.15) is 0 Å². The number of hydrogen-bond acceptors (Lipinski definition) is 2. The number of carbonyl (C=O) groups is 1. The van der Waals surface area contributed by atoms with Gasteiger partial charge in [-0.05, 0) is 32.9 Å². The highest BCUT2D eigenvalue weighted by atomic mass is 79.9. The molecule has 0 heterocycles. The average Bonchev–Trinajstić information content (AvgIpc) is 2.08. The predicted molar refractivity (Wildman–Crippen MR) is 63.9 cm³/mol. The Labute approximate surface area is 106 Å². The molecule has 1 rings (SSSR count). The van der Waals surface area contributed by atoms with Gasteiger partial charge in [0.15, 0.2) is 11.6 Å². The molecule has 0 radical (unpaired) electrons. The first-order chi connectivity index (χ1) is 7.69. The number of amides is 1. The molecule has 1 N–H and O–H groups in total. The number of anilines is 1. The van der Waals surface area contributed by atoms with E-state index in [1.54, 1.807) is 20.8 Å². The van der Waals surface area contributed by atoms with Gasteiger partial charge in [-0.3, -0.25) is 5.32 Å². The zero-order valence-corrected chi connectivity index (χ0v) is 11.2. The van der Waals surface area contributed by atoms with Crippen LogP contribution >= 0.6 is 15.9 Å². The van der Waals surface area contributed by atoms with E-state index in [1.165, 1.54) is 0 Å². The van der Waals surface area contributed by atoms with E-state index in [1.807, 2.05) is 5.32 Å². The van der Waals surface area contributed by atoms with Crippen LogP contribution in [0.25, 0.3) is 0 Å². The van der Waals surface area contributed by atoms with Crippen LogP contribution in [0.1, 0.15) is 20.8 Å². The number of halogens is 3. The van der Waals surface area contributed by atoms with Gasteiger partial charge in [0.05, 0.1) is 0 Å². The van der Waals surface area contributed by atoms with Gasteiger partial charge in [-0.15, -0.1) is 0 Å². The first kappa shape index (κ1) is 13.9. The maximum atomic E-state index is 13.4. The minimum Gasteiger partial charge on any atom is -0.444 e. The Morgan fingerprint density at radius 1 is 1.29 bits per heavy atom. The van der Waals surface area contributed by atoms with Gasteiger partial charge >= 0.3 is 6.09 Å². The second-order valence-corrected chi connectivity index (χ2v) is 5.29. The first-order valence-corrected chi connectivity index (χ1v) is 5.63. The maximum Gasteiger partial charge on any atom is 0.412 e. The Hall–Kier alpha value is -1.17. The fourth-order valence-corrected chi connectivity index (χ4v) is 1.47. The summed E-state index contributed by atoms with van der Waals surface area (Å²) in [4.78, 5) is 11.3. The molecular weight excluding hydrogens is 296 g/mol. The van der Waals surface area contributed by atoms with Crippen LogP contribution in [0.4, 0.5) is 19.3 Å². The summed E-state index contributed by atoms with van der Waals surface area (Å²) in [6, 6.07) is 2.10. The highest BCUT2D eigenvalue weighted by Crippen LogP contribution is 2.24. The normalized spacial score (nSPS) is 11.2. The number of rotatable bonds is 1. The van der Waals surface area contributed by atoms with E-state index in [0.29, 0.717) is 0 Å². The third-order valence-corrected chi connectivity index (χ3v) is 2.09. The summed E-state index contributed by atoms with van der Waals surface area (Å²) >= 11 is 2.94. The van der Waals surface area contributed by atoms with Gasteiger partial charge in [0.2, 0.25) is 0 Å². The van der Waals surface area contributed by atoms with Crippen LogP contribution < -0.4 is 5.32 Å². The SMILES string of the molecule is CC(C)(C)OC(=O)Nc1c(F)cc(Br)cc1F. The molecule has 0 saturated heterocycles. The summed E-state index contributed by atoms with van der Waals surface area (Å²) < 4.78 is 31.9. The second-order valence-electron chi connectivity index (χ2n) is 4.37. The Kier molecular flexibility index (Phi) is 4.08. The first-order valence-electron chi connectivity index (χ1n) is 4.83. The van der Waals surface area contributed by atoms with Gasteiger partial charge in [-0.1, -0.05) is 15.9 Å². The van der Waals surface area contributed by atoms with E-state index < -0.39 is 29.0 Å². The summed E-state index contributed by atoms with van der Waals surface area (Å²) in [5.74, 6) is -1.74. The van der Waals surface area contributed by atoms with Crippen molar-refractivity contribution in [3.63, 3.8) is 0 Å². The lowest BCUT2D eigenvalue weighted by molar-refractivity contribution is 0.0634. The Morgan fingerprint density at radius 3 is 2.18 bits per heavy atom. The molecule has 0 aliphatic heterocycles. The van der Waals surface area contributed by atoms with Crippen LogP contribution in [0, 0.1) is 11.6 Å². The van der Waals surface area contributed by atoms with Crippen LogP contribution in [-0.4, -0.2) is 11.7 Å². The van der Waals surface area contributed by atoms with Crippen molar-refractivity contribution in [1.29, 1.82) is 0 Å². The molecular formula is C11H12BrF2NO2. The lowest BCUT2D eigenvalue weighted by Crippen LogP contribution is -2.27. The molecule has 0 atom stereocenters. The topological polar surface area (TPSA) is 38.3 Å². The van der Waals surface area contributed by atoms with Gasteiger partial charge in [-0.25, -0.2) is 13.6 Å². The fraction of sp³-hybridized carbons (Fsp3) is 0.364. The summed E-state index contributed by atoms with van der Waals surface area (Å²) in [5, 5.41) is 2.03. The molecule has 0 aliphatic rings. The van der Waals surface area contributed by atoms with Crippen LogP contribution in [0.3, 0.4) is 0 Å². The number of nitrogens with one attached hydrogen (secondary N) is 1. The molecule has 94 valence electrons. The van der Waals surface area contributed by atoms with Crippen LogP contribution in [-0.2, 0) is 4.74 Å². The molecule has 1 aromatic carbocycles. The lowest BCUT2D eigenvalue weighted by Gasteiger charge is -2.20. The summed E-state index contributed by atoms with van der Waals surface area (Å²) in [5.41, 5.74) is -1.26. The van der Waals surface area contributed by atoms with E-state index in [0.717, 1.165) is 12.1 Å². The van der Waals surface area contributed by atoms with E-state index in [9.17, 15) is 13.6 Å². The molecule has 6 heteroatoms. The van der Waals surface area contributed by atoms with E-state index in [4.69, 9.17) is 4.74 Å². The second kappa shape index (κ2) is 5.00. The van der Waals surface area contributed by atoms with Crippen molar-refractivity contribution in [3.05, 3.63) is 28.2 Å². The van der Waals surface area contributed by atoms with Crippen molar-refractivity contribution in [3.8, 4) is 0 Å². The summed E-state index contributed by atoms with van der Waals surface area (Å²) in [6.07, 6.45) is -0.905. The van der Waals surface area contributed by atoms with Crippen molar-refractivity contribution in [2.75, 3.05) is 5.32 Å². The number of ether oxygens (including phenoxy) is 1. The zero-order chi connectivity index (χ0) is 13.2. The molecule has 0 aliphatic carbocycles. The smallest absolute Gasteiger partial charge is 0.412 e. The lowest BCUT2D eigenvalue weighted by atomic mass is 10.2. The number of carbonyl (C=O) groups excluding carboxylic acids is 1. The quantitative estimate of drug-likeness (QED) is 0.849. The van der Waals surface area contributed by atoms with Gasteiger partial charge in [0.25, 0.3) is 0 Å². The predicted octanol–water partition coefficient (Wildman–Crippen LogP) is 4.07. The molecule has 0 aromatic heterocycles. The average molecular weight is 308 g/mol. The van der Waals surface area contributed by atoms with Crippen molar-refractivity contribution in [2.45, 2.75) is 26.4 Å². The highest BCUT2D eigenvalue weighted by Gasteiger charge is 2.19. The fourth-order valence-electron chi connectivity index (χ4n) is 1.07. The third-order valence-electron chi connectivity index (χ3n) is 1.63. The van der Waals surface area contributed by atoms with Crippen molar-refractivity contribution < 1.29 is 18.3 Å². The Balaban J connectivity index is 2.86. The van der Waals surface area contributed by atoms with E-state index in [-0.39, 0.29) is 4.47 Å². The minimum atomic E-state index is -0.905. The molecule has 0 saturated carbocycles. The highest BCUT2D eigenvalue weighted by molar-refractivity contribution is 9.10. The van der Waals surface area contributed by atoms with Crippen LogP contribution in [0.15, 0.2) is 16.6 Å². The van der Waals surface area contributed by atoms with Crippen LogP contribution in [0.5, 0.6) is 0 Å². The van der Waals surface area contributed by atoms with E-state index in [2.05, 4.69) is 15.9 Å². The van der Waals surface area contributed by atoms with Gasteiger partial charge in [0, 0.05) is 4.47 Å². The number of benzene rings is 1. The molecule has 0 fully saturated rings. The monoisotopic (exact) mass is 307 g/mol. The third kappa shape index (κ3) is 4.30. The molecule has 0 spiro atoms. The molecule has 3 nitrogen and oxygen atoms in total. The Bertz CT molecular complexity index is 421. The maximum absolute atomic E-state index is 13.4. The van der Waals surface area contributed by atoms with E-state index >= 15 is 0 Å². The van der Waals surface area contributed by atoms with Crippen molar-refractivity contribution in [2.24, 2.45) is 0 Å². The van der Waals surface area contributed by atoms with Crippen molar-refractivity contribution >= 4 is 27.7 Å².